The minimum absolute atomic E-state index is 0.852. The molecule has 0 bridgehead atoms. The van der Waals surface area contributed by atoms with Crippen molar-refractivity contribution in [3.8, 4) is 0 Å². The third kappa shape index (κ3) is 2.24. The molecule has 0 unspecified atom stereocenters. The third-order valence-electron chi connectivity index (χ3n) is 3.64. The van der Waals surface area contributed by atoms with Crippen LogP contribution in [0.25, 0.3) is 10.9 Å². The molecule has 0 N–H and O–H groups in total. The lowest BCUT2D eigenvalue weighted by Crippen LogP contribution is -2.35. The fraction of sp³-hybridized carbons (Fsp3) is 0.400. The number of fused-ring (bicyclic) bond motifs is 1. The Hall–Kier alpha value is -1.45. The molecule has 2 aromatic rings. The summed E-state index contributed by atoms with van der Waals surface area (Å²) in [5.74, 6) is 0. The zero-order valence-electron chi connectivity index (χ0n) is 10.7. The Morgan fingerprint density at radius 3 is 2.89 bits per heavy atom. The van der Waals surface area contributed by atoms with Gasteiger partial charge in [0, 0.05) is 31.2 Å². The van der Waals surface area contributed by atoms with E-state index in [4.69, 9.17) is 4.74 Å². The van der Waals surface area contributed by atoms with Gasteiger partial charge in [-0.15, -0.1) is 0 Å². The minimum Gasteiger partial charge on any atom is -0.379 e. The second-order valence-corrected chi connectivity index (χ2v) is 4.81. The van der Waals surface area contributed by atoms with Crippen LogP contribution in [0.3, 0.4) is 0 Å². The Bertz CT molecular complexity index is 547. The lowest BCUT2D eigenvalue weighted by Gasteiger charge is -2.27. The molecule has 0 atom stereocenters. The molecule has 2 heterocycles. The topological polar surface area (TPSA) is 25.4 Å². The molecule has 1 aromatic carbocycles. The fourth-order valence-corrected chi connectivity index (χ4v) is 2.50. The molecule has 1 fully saturated rings. The maximum absolute atomic E-state index is 5.38. The molecule has 3 rings (SSSR count). The predicted octanol–water partition coefficient (Wildman–Crippen LogP) is 2.38. The minimum atomic E-state index is 0.852. The number of rotatable bonds is 2. The average molecular weight is 242 g/mol. The SMILES string of the molecule is Cc1c(CN2CCOCC2)ccc2cccnc12. The van der Waals surface area contributed by atoms with Gasteiger partial charge in [0.2, 0.25) is 0 Å². The van der Waals surface area contributed by atoms with Gasteiger partial charge in [-0.05, 0) is 24.1 Å². The second-order valence-electron chi connectivity index (χ2n) is 4.81. The lowest BCUT2D eigenvalue weighted by atomic mass is 10.0. The van der Waals surface area contributed by atoms with E-state index >= 15 is 0 Å². The van der Waals surface area contributed by atoms with Gasteiger partial charge in [-0.3, -0.25) is 9.88 Å². The van der Waals surface area contributed by atoms with Crippen molar-refractivity contribution in [2.75, 3.05) is 26.3 Å². The van der Waals surface area contributed by atoms with E-state index in [1.54, 1.807) is 0 Å². The van der Waals surface area contributed by atoms with E-state index in [1.165, 1.54) is 16.5 Å². The molecule has 3 nitrogen and oxygen atoms in total. The van der Waals surface area contributed by atoms with Gasteiger partial charge in [-0.1, -0.05) is 18.2 Å². The number of benzene rings is 1. The molecule has 94 valence electrons. The number of hydrogen-bond donors (Lipinski definition) is 0. The summed E-state index contributed by atoms with van der Waals surface area (Å²) in [7, 11) is 0. The first-order valence-corrected chi connectivity index (χ1v) is 6.48. The van der Waals surface area contributed by atoms with Gasteiger partial charge in [0.25, 0.3) is 0 Å². The summed E-state index contributed by atoms with van der Waals surface area (Å²) >= 11 is 0. The molecule has 0 aliphatic carbocycles. The van der Waals surface area contributed by atoms with E-state index in [2.05, 4.69) is 35.0 Å². The largest absolute Gasteiger partial charge is 0.379 e. The van der Waals surface area contributed by atoms with Crippen molar-refractivity contribution in [3.05, 3.63) is 41.6 Å². The zero-order valence-corrected chi connectivity index (χ0v) is 10.7. The molecule has 3 heteroatoms. The first-order valence-electron chi connectivity index (χ1n) is 6.48. The van der Waals surface area contributed by atoms with Crippen LogP contribution in [0.15, 0.2) is 30.5 Å². The van der Waals surface area contributed by atoms with Gasteiger partial charge in [0.15, 0.2) is 0 Å². The summed E-state index contributed by atoms with van der Waals surface area (Å²) in [6, 6.07) is 8.51. The van der Waals surface area contributed by atoms with E-state index in [9.17, 15) is 0 Å². The summed E-state index contributed by atoms with van der Waals surface area (Å²) in [5, 5.41) is 1.22. The van der Waals surface area contributed by atoms with Crippen molar-refractivity contribution in [2.24, 2.45) is 0 Å². The van der Waals surface area contributed by atoms with Crippen LogP contribution in [-0.4, -0.2) is 36.2 Å². The van der Waals surface area contributed by atoms with Gasteiger partial charge < -0.3 is 4.74 Å². The molecule has 0 amide bonds. The highest BCUT2D eigenvalue weighted by Crippen LogP contribution is 2.21. The normalized spacial score (nSPS) is 17.2. The summed E-state index contributed by atoms with van der Waals surface area (Å²) in [5.41, 5.74) is 3.81. The van der Waals surface area contributed by atoms with Crippen LogP contribution in [0, 0.1) is 6.92 Å². The molecule has 1 saturated heterocycles. The van der Waals surface area contributed by atoms with E-state index in [0.29, 0.717) is 0 Å². The van der Waals surface area contributed by atoms with Crippen molar-refractivity contribution in [1.82, 2.24) is 9.88 Å². The number of ether oxygens (including phenoxy) is 1. The average Bonchev–Trinajstić information content (AvgIpc) is 2.43. The van der Waals surface area contributed by atoms with E-state index < -0.39 is 0 Å². The van der Waals surface area contributed by atoms with Crippen LogP contribution in [0.2, 0.25) is 0 Å². The van der Waals surface area contributed by atoms with Gasteiger partial charge in [0.05, 0.1) is 18.7 Å². The molecular formula is C15H18N2O. The van der Waals surface area contributed by atoms with Crippen LogP contribution >= 0.6 is 0 Å². The zero-order chi connectivity index (χ0) is 12.4. The Morgan fingerprint density at radius 2 is 2.06 bits per heavy atom. The molecule has 1 aliphatic rings. The van der Waals surface area contributed by atoms with Crippen LogP contribution in [0.4, 0.5) is 0 Å². The van der Waals surface area contributed by atoms with Crippen molar-refractivity contribution in [2.45, 2.75) is 13.5 Å². The number of pyridine rings is 1. The summed E-state index contributed by atoms with van der Waals surface area (Å²) in [6.45, 7) is 6.93. The van der Waals surface area contributed by atoms with E-state index in [-0.39, 0.29) is 0 Å². The molecule has 0 radical (unpaired) electrons. The third-order valence-corrected chi connectivity index (χ3v) is 3.64. The number of morpholine rings is 1. The van der Waals surface area contributed by atoms with Crippen LogP contribution in [0.5, 0.6) is 0 Å². The first-order chi connectivity index (χ1) is 8.84. The Labute approximate surface area is 107 Å². The molecule has 0 spiro atoms. The Balaban J connectivity index is 1.89. The summed E-state index contributed by atoms with van der Waals surface area (Å²) in [4.78, 5) is 6.94. The van der Waals surface area contributed by atoms with Crippen LogP contribution < -0.4 is 0 Å². The van der Waals surface area contributed by atoms with Crippen molar-refractivity contribution >= 4 is 10.9 Å². The maximum Gasteiger partial charge on any atom is 0.0734 e. The van der Waals surface area contributed by atoms with Crippen molar-refractivity contribution in [3.63, 3.8) is 0 Å². The fourth-order valence-electron chi connectivity index (χ4n) is 2.50. The standard InChI is InChI=1S/C15H18N2O/c1-12-14(11-17-7-9-18-10-8-17)5-4-13-3-2-6-16-15(12)13/h2-6H,7-11H2,1H3. The lowest BCUT2D eigenvalue weighted by molar-refractivity contribution is 0.0341. The Morgan fingerprint density at radius 1 is 1.22 bits per heavy atom. The number of aromatic nitrogens is 1. The molecule has 1 aliphatic heterocycles. The Kier molecular flexibility index (Phi) is 3.26. The highest BCUT2D eigenvalue weighted by molar-refractivity contribution is 5.82. The molecular weight excluding hydrogens is 224 g/mol. The summed E-state index contributed by atoms with van der Waals surface area (Å²) in [6.07, 6.45) is 1.87. The van der Waals surface area contributed by atoms with Gasteiger partial charge in [0.1, 0.15) is 0 Å². The van der Waals surface area contributed by atoms with Crippen LogP contribution in [0.1, 0.15) is 11.1 Å². The maximum atomic E-state index is 5.38. The van der Waals surface area contributed by atoms with Gasteiger partial charge >= 0.3 is 0 Å². The highest BCUT2D eigenvalue weighted by atomic mass is 16.5. The monoisotopic (exact) mass is 242 g/mol. The van der Waals surface area contributed by atoms with Gasteiger partial charge in [-0.2, -0.15) is 0 Å². The molecule has 1 aromatic heterocycles. The number of nitrogens with zero attached hydrogens (tertiary/aromatic N) is 2. The summed E-state index contributed by atoms with van der Waals surface area (Å²) < 4.78 is 5.38. The van der Waals surface area contributed by atoms with Crippen molar-refractivity contribution in [1.29, 1.82) is 0 Å². The smallest absolute Gasteiger partial charge is 0.0734 e. The van der Waals surface area contributed by atoms with E-state index in [1.807, 2.05) is 12.3 Å². The van der Waals surface area contributed by atoms with Crippen LogP contribution in [-0.2, 0) is 11.3 Å². The van der Waals surface area contributed by atoms with Gasteiger partial charge in [-0.25, -0.2) is 0 Å². The first kappa shape index (κ1) is 11.6. The van der Waals surface area contributed by atoms with Crippen molar-refractivity contribution < 1.29 is 4.74 Å². The predicted molar refractivity (Wildman–Crippen MR) is 72.6 cm³/mol. The molecule has 18 heavy (non-hydrogen) atoms. The number of hydrogen-bond acceptors (Lipinski definition) is 3. The number of aryl methyl sites for hydroxylation is 1. The molecule has 0 saturated carbocycles. The van der Waals surface area contributed by atoms with E-state index in [0.717, 1.165) is 38.4 Å². The highest BCUT2D eigenvalue weighted by Gasteiger charge is 2.12. The second kappa shape index (κ2) is 5.04. The quantitative estimate of drug-likeness (QED) is 0.808.